The molecule has 0 saturated heterocycles. The number of benzene rings is 2. The van der Waals surface area contributed by atoms with Gasteiger partial charge in [-0.2, -0.15) is 0 Å². The van der Waals surface area contributed by atoms with Gasteiger partial charge >= 0.3 is 0 Å². The van der Waals surface area contributed by atoms with Crippen molar-refractivity contribution in [3.63, 3.8) is 0 Å². The summed E-state index contributed by atoms with van der Waals surface area (Å²) in [7, 11) is 0. The monoisotopic (exact) mass is 428 g/mol. The Bertz CT molecular complexity index is 948. The highest BCUT2D eigenvalue weighted by atomic mass is 14.1. The highest BCUT2D eigenvalue weighted by Crippen LogP contribution is 2.24. The van der Waals surface area contributed by atoms with Crippen LogP contribution in [0.25, 0.3) is 11.1 Å². The van der Waals surface area contributed by atoms with Crippen LogP contribution in [0.4, 0.5) is 0 Å². The first-order valence-electron chi connectivity index (χ1n) is 11.5. The molecule has 0 atom stereocenters. The highest BCUT2D eigenvalue weighted by molar-refractivity contribution is 5.73. The largest absolute Gasteiger partial charge is 0.103 e. The van der Waals surface area contributed by atoms with Gasteiger partial charge in [0.1, 0.15) is 0 Å². The molecule has 2 rings (SSSR count). The first-order chi connectivity index (χ1) is 15.1. The lowest BCUT2D eigenvalue weighted by atomic mass is 9.95. The molecule has 0 aromatic heterocycles. The van der Waals surface area contributed by atoms with Crippen molar-refractivity contribution in [1.82, 2.24) is 0 Å². The van der Waals surface area contributed by atoms with Crippen LogP contribution < -0.4 is 0 Å². The molecular weight excluding hydrogens is 384 g/mol. The first-order valence-corrected chi connectivity index (χ1v) is 11.5. The summed E-state index contributed by atoms with van der Waals surface area (Å²) in [6, 6.07) is 13.2. The van der Waals surface area contributed by atoms with Crippen LogP contribution in [0.1, 0.15) is 74.4 Å². The summed E-state index contributed by atoms with van der Waals surface area (Å²) in [6.07, 6.45) is 9.95. The Morgan fingerprint density at radius 3 is 1.94 bits per heavy atom. The number of allylic oxidation sites excluding steroid dienone is 7. The summed E-state index contributed by atoms with van der Waals surface area (Å²) in [5.74, 6) is 0. The van der Waals surface area contributed by atoms with E-state index in [1.165, 1.54) is 44.5 Å². The fraction of sp³-hybridized carbons (Fsp3) is 0.312. The smallest absolute Gasteiger partial charge is 0.0204 e. The second-order valence-electron chi connectivity index (χ2n) is 8.19. The molecule has 2 aromatic carbocycles. The Hall–Kier alpha value is -2.86. The molecular formula is C32H44. The van der Waals surface area contributed by atoms with E-state index in [0.29, 0.717) is 0 Å². The van der Waals surface area contributed by atoms with Crippen molar-refractivity contribution in [3.05, 3.63) is 119 Å². The minimum Gasteiger partial charge on any atom is -0.103 e. The normalized spacial score (nSPS) is 10.9. The average molecular weight is 429 g/mol. The van der Waals surface area contributed by atoms with Crippen LogP contribution in [0, 0.1) is 20.8 Å². The van der Waals surface area contributed by atoms with Gasteiger partial charge in [0.2, 0.25) is 0 Å². The fourth-order valence-corrected chi connectivity index (χ4v) is 3.18. The summed E-state index contributed by atoms with van der Waals surface area (Å²) in [5, 5.41) is 0. The molecule has 0 amide bonds. The van der Waals surface area contributed by atoms with Crippen molar-refractivity contribution in [2.75, 3.05) is 0 Å². The number of rotatable bonds is 6. The average Bonchev–Trinajstić information content (AvgIpc) is 2.77. The molecule has 0 radical (unpaired) electrons. The van der Waals surface area contributed by atoms with E-state index in [-0.39, 0.29) is 0 Å². The van der Waals surface area contributed by atoms with Crippen molar-refractivity contribution < 1.29 is 0 Å². The molecule has 0 bridgehead atoms. The van der Waals surface area contributed by atoms with Crippen LogP contribution in [0.15, 0.2) is 86.0 Å². The molecule has 0 heteroatoms. The second-order valence-corrected chi connectivity index (χ2v) is 8.19. The molecule has 0 saturated carbocycles. The molecule has 0 aliphatic heterocycles. The molecule has 0 heterocycles. The number of hydrogen-bond donors (Lipinski definition) is 0. The van der Waals surface area contributed by atoms with Gasteiger partial charge in [0.15, 0.2) is 0 Å². The molecule has 0 unspecified atom stereocenters. The van der Waals surface area contributed by atoms with E-state index in [1.807, 2.05) is 19.1 Å². The zero-order valence-corrected chi connectivity index (χ0v) is 21.8. The van der Waals surface area contributed by atoms with Crippen molar-refractivity contribution in [3.8, 4) is 0 Å². The second kappa shape index (κ2) is 15.9. The maximum atomic E-state index is 4.00. The summed E-state index contributed by atoms with van der Waals surface area (Å²) < 4.78 is 0. The third-order valence-corrected chi connectivity index (χ3v) is 5.36. The van der Waals surface area contributed by atoms with E-state index in [4.69, 9.17) is 0 Å². The number of aryl methyl sites for hydroxylation is 4. The van der Waals surface area contributed by atoms with E-state index in [0.717, 1.165) is 18.4 Å². The predicted molar refractivity (Wildman–Crippen MR) is 149 cm³/mol. The Balaban J connectivity index is 0.000000573. The minimum absolute atomic E-state index is 1.08. The minimum atomic E-state index is 1.08. The van der Waals surface area contributed by atoms with Crippen LogP contribution in [0.5, 0.6) is 0 Å². The van der Waals surface area contributed by atoms with E-state index in [2.05, 4.69) is 111 Å². The van der Waals surface area contributed by atoms with E-state index in [9.17, 15) is 0 Å². The van der Waals surface area contributed by atoms with Gasteiger partial charge in [-0.15, -0.1) is 6.58 Å². The Labute approximate surface area is 198 Å². The van der Waals surface area contributed by atoms with Crippen LogP contribution in [-0.4, -0.2) is 0 Å². The van der Waals surface area contributed by atoms with Crippen LogP contribution in [-0.2, 0) is 6.42 Å². The summed E-state index contributed by atoms with van der Waals surface area (Å²) >= 11 is 0. The van der Waals surface area contributed by atoms with Gasteiger partial charge in [-0.25, -0.2) is 0 Å². The molecule has 0 fully saturated rings. The van der Waals surface area contributed by atoms with Gasteiger partial charge in [-0.3, -0.25) is 0 Å². The Morgan fingerprint density at radius 1 is 0.875 bits per heavy atom. The predicted octanol–water partition coefficient (Wildman–Crippen LogP) is 10.0. The summed E-state index contributed by atoms with van der Waals surface area (Å²) in [6.45, 7) is 28.2. The highest BCUT2D eigenvalue weighted by Gasteiger charge is 2.03. The SMILES string of the molecule is C=C/C=C\C(C)=C(/C)c1ccc(C(=C)C)c(C)c1.C=CCC.CCc1ccc(C)cc1C. The quantitative estimate of drug-likeness (QED) is 0.317. The van der Waals surface area contributed by atoms with Gasteiger partial charge in [0.05, 0.1) is 0 Å². The lowest BCUT2D eigenvalue weighted by Crippen LogP contribution is -1.89. The number of hydrogen-bond acceptors (Lipinski definition) is 0. The summed E-state index contributed by atoms with van der Waals surface area (Å²) in [4.78, 5) is 0. The van der Waals surface area contributed by atoms with Crippen molar-refractivity contribution >= 4 is 11.1 Å². The fourth-order valence-electron chi connectivity index (χ4n) is 3.18. The Morgan fingerprint density at radius 2 is 1.50 bits per heavy atom. The van der Waals surface area contributed by atoms with Crippen molar-refractivity contribution in [2.24, 2.45) is 0 Å². The topological polar surface area (TPSA) is 0 Å². The lowest BCUT2D eigenvalue weighted by Gasteiger charge is -2.10. The molecule has 0 aliphatic carbocycles. The molecule has 0 N–H and O–H groups in total. The zero-order chi connectivity index (χ0) is 24.7. The van der Waals surface area contributed by atoms with E-state index < -0.39 is 0 Å². The van der Waals surface area contributed by atoms with Crippen LogP contribution in [0.2, 0.25) is 0 Å². The van der Waals surface area contributed by atoms with Crippen LogP contribution >= 0.6 is 0 Å². The van der Waals surface area contributed by atoms with Crippen LogP contribution in [0.3, 0.4) is 0 Å². The maximum Gasteiger partial charge on any atom is -0.0204 e. The molecule has 0 nitrogen and oxygen atoms in total. The van der Waals surface area contributed by atoms with Gasteiger partial charge in [0.25, 0.3) is 0 Å². The standard InChI is InChI=1S/C18H22.C10H14.C4H8/c1-7-8-9-14(4)16(6)17-10-11-18(13(2)3)15(5)12-17;1-4-10-6-5-8(2)7-9(10)3;1-3-4-2/h7-12H,1-2H2,3-6H3;5-7H,4H2,1-3H3;3H,1,4H2,2H3/b9-8-,16-14+;;. The van der Waals surface area contributed by atoms with Gasteiger partial charge in [-0.1, -0.05) is 98.8 Å². The first kappa shape index (κ1) is 29.1. The third-order valence-electron chi connectivity index (χ3n) is 5.36. The Kier molecular flexibility index (Phi) is 14.5. The molecule has 32 heavy (non-hydrogen) atoms. The molecule has 0 aliphatic rings. The van der Waals surface area contributed by atoms with Gasteiger partial charge in [-0.05, 0) is 93.3 Å². The van der Waals surface area contributed by atoms with E-state index in [1.54, 1.807) is 6.08 Å². The van der Waals surface area contributed by atoms with E-state index >= 15 is 0 Å². The summed E-state index contributed by atoms with van der Waals surface area (Å²) in [5.41, 5.74) is 11.7. The van der Waals surface area contributed by atoms with Gasteiger partial charge in [0, 0.05) is 0 Å². The third kappa shape index (κ3) is 10.4. The lowest BCUT2D eigenvalue weighted by molar-refractivity contribution is 1.10. The molecule has 172 valence electrons. The van der Waals surface area contributed by atoms with Crippen molar-refractivity contribution in [2.45, 2.75) is 68.2 Å². The van der Waals surface area contributed by atoms with Gasteiger partial charge < -0.3 is 0 Å². The zero-order valence-electron chi connectivity index (χ0n) is 21.8. The van der Waals surface area contributed by atoms with Crippen molar-refractivity contribution in [1.29, 1.82) is 0 Å². The molecule has 2 aromatic rings. The maximum absolute atomic E-state index is 4.00. The molecule has 0 spiro atoms.